The molecule has 4 heterocycles. The Labute approximate surface area is 200 Å². The summed E-state index contributed by atoms with van der Waals surface area (Å²) >= 11 is 6.26. The molecule has 0 spiro atoms. The van der Waals surface area contributed by atoms with Crippen molar-refractivity contribution in [2.75, 3.05) is 43.2 Å². The molecule has 170 valence electrons. The largest absolute Gasteiger partial charge is 0.378 e. The number of para-hydroxylation sites is 1. The molecule has 0 saturated carbocycles. The Morgan fingerprint density at radius 3 is 2.56 bits per heavy atom. The first-order valence-corrected chi connectivity index (χ1v) is 11.3. The molecule has 0 amide bonds. The lowest BCUT2D eigenvalue weighted by Crippen LogP contribution is -2.37. The first-order valence-electron chi connectivity index (χ1n) is 11.0. The van der Waals surface area contributed by atoms with Crippen molar-refractivity contribution < 1.29 is 4.74 Å². The average Bonchev–Trinajstić information content (AvgIpc) is 3.29. The van der Waals surface area contributed by atoms with Crippen LogP contribution in [0.4, 0.5) is 17.5 Å². The molecule has 0 radical (unpaired) electrons. The lowest BCUT2D eigenvalue weighted by Gasteiger charge is -2.26. The molecular weight excluding hydrogens is 452 g/mol. The number of halogens is 1. The number of benzene rings is 2. The van der Waals surface area contributed by atoms with E-state index in [9.17, 15) is 0 Å². The van der Waals surface area contributed by atoms with Gasteiger partial charge in [-0.05, 0) is 41.4 Å². The van der Waals surface area contributed by atoms with E-state index in [1.807, 2.05) is 60.7 Å². The predicted octanol–water partition coefficient (Wildman–Crippen LogP) is 3.99. The summed E-state index contributed by atoms with van der Waals surface area (Å²) in [6.07, 6.45) is 3.74. The zero-order valence-electron chi connectivity index (χ0n) is 18.5. The van der Waals surface area contributed by atoms with E-state index >= 15 is 0 Å². The fraction of sp³-hybridized carbons (Fsp3) is 0.208. The summed E-state index contributed by atoms with van der Waals surface area (Å²) in [5.41, 5.74) is 3.84. The number of hydrogen-bond acceptors (Lipinski definition) is 8. The van der Waals surface area contributed by atoms with Gasteiger partial charge in [0.15, 0.2) is 0 Å². The van der Waals surface area contributed by atoms with Gasteiger partial charge >= 0.3 is 0 Å². The van der Waals surface area contributed by atoms with Crippen molar-refractivity contribution in [2.24, 2.45) is 0 Å². The van der Waals surface area contributed by atoms with Crippen LogP contribution in [-0.2, 0) is 4.74 Å². The third kappa shape index (κ3) is 3.59. The van der Waals surface area contributed by atoms with Crippen molar-refractivity contribution in [1.82, 2.24) is 29.5 Å². The summed E-state index contributed by atoms with van der Waals surface area (Å²) in [5.74, 6) is 1.95. The van der Waals surface area contributed by atoms with Gasteiger partial charge < -0.3 is 14.5 Å². The highest BCUT2D eigenvalue weighted by Gasteiger charge is 2.17. The quantitative estimate of drug-likeness (QED) is 0.388. The van der Waals surface area contributed by atoms with Gasteiger partial charge in [-0.25, -0.2) is 14.4 Å². The molecular formula is C24H21ClN8O. The van der Waals surface area contributed by atoms with Crippen molar-refractivity contribution in [1.29, 1.82) is 0 Å². The highest BCUT2D eigenvalue weighted by Crippen LogP contribution is 2.33. The number of hydrogen-bond donors (Lipinski definition) is 0. The maximum absolute atomic E-state index is 6.26. The van der Waals surface area contributed by atoms with Crippen LogP contribution in [0.2, 0.25) is 5.28 Å². The van der Waals surface area contributed by atoms with Crippen LogP contribution in [0.15, 0.2) is 60.9 Å². The van der Waals surface area contributed by atoms with Crippen LogP contribution in [0.1, 0.15) is 0 Å². The molecule has 3 aromatic heterocycles. The van der Waals surface area contributed by atoms with Crippen LogP contribution in [0.5, 0.6) is 0 Å². The first kappa shape index (κ1) is 20.8. The van der Waals surface area contributed by atoms with E-state index in [1.54, 1.807) is 4.40 Å². The summed E-state index contributed by atoms with van der Waals surface area (Å²) in [4.78, 5) is 18.1. The molecule has 1 aliphatic heterocycles. The molecule has 0 bridgehead atoms. The van der Waals surface area contributed by atoms with Crippen LogP contribution in [0.25, 0.3) is 27.8 Å². The van der Waals surface area contributed by atoms with Crippen LogP contribution < -0.4 is 9.80 Å². The number of ether oxygens (including phenoxy) is 1. The van der Waals surface area contributed by atoms with E-state index < -0.39 is 0 Å². The van der Waals surface area contributed by atoms with Gasteiger partial charge in [0, 0.05) is 49.2 Å². The molecule has 0 N–H and O–H groups in total. The van der Waals surface area contributed by atoms with Gasteiger partial charge in [0.1, 0.15) is 5.82 Å². The molecule has 9 nitrogen and oxygen atoms in total. The maximum atomic E-state index is 6.26. The molecule has 1 aliphatic rings. The van der Waals surface area contributed by atoms with Crippen LogP contribution in [0.3, 0.4) is 0 Å². The summed E-state index contributed by atoms with van der Waals surface area (Å²) in [6, 6.07) is 16.2. The minimum atomic E-state index is 0.287. The number of fused-ring (bicyclic) bond motifs is 3. The Bertz CT molecular complexity index is 1480. The third-order valence-corrected chi connectivity index (χ3v) is 6.26. The van der Waals surface area contributed by atoms with E-state index in [-0.39, 0.29) is 5.28 Å². The zero-order chi connectivity index (χ0) is 23.1. The minimum Gasteiger partial charge on any atom is -0.378 e. The SMILES string of the molecule is CN(c1cccc(-c2cnc(N3CCOCC3)nc2)c1)c1nc2nnc(Cl)n2c2ccccc12. The molecule has 0 unspecified atom stereocenters. The van der Waals surface area contributed by atoms with Crippen molar-refractivity contribution in [3.63, 3.8) is 0 Å². The molecule has 1 saturated heterocycles. The Kier molecular flexibility index (Phi) is 5.20. The number of morpholine rings is 1. The Hall–Kier alpha value is -3.82. The number of aromatic nitrogens is 6. The number of anilines is 3. The Balaban J connectivity index is 1.36. The standard InChI is InChI=1S/C24H21ClN8O/c1-31(21-19-7-2-3-8-20(19)33-22(25)29-30-24(33)28-21)18-6-4-5-16(13-18)17-14-26-23(27-15-17)32-9-11-34-12-10-32/h2-8,13-15H,9-12H2,1H3. The maximum Gasteiger partial charge on any atom is 0.258 e. The fourth-order valence-electron chi connectivity index (χ4n) is 4.22. The molecule has 6 rings (SSSR count). The highest BCUT2D eigenvalue weighted by molar-refractivity contribution is 6.29. The molecule has 1 fully saturated rings. The van der Waals surface area contributed by atoms with E-state index in [2.05, 4.69) is 37.2 Å². The second-order valence-corrected chi connectivity index (χ2v) is 8.38. The lowest BCUT2D eigenvalue weighted by molar-refractivity contribution is 0.122. The molecule has 5 aromatic rings. The van der Waals surface area contributed by atoms with E-state index in [0.717, 1.165) is 52.6 Å². The van der Waals surface area contributed by atoms with Gasteiger partial charge in [-0.15, -0.1) is 10.2 Å². The second kappa shape index (κ2) is 8.51. The number of nitrogens with zero attached hydrogens (tertiary/aromatic N) is 8. The van der Waals surface area contributed by atoms with Crippen molar-refractivity contribution in [3.05, 3.63) is 66.2 Å². The topological polar surface area (TPSA) is 84.6 Å². The number of rotatable bonds is 4. The minimum absolute atomic E-state index is 0.287. The Morgan fingerprint density at radius 1 is 0.941 bits per heavy atom. The van der Waals surface area contributed by atoms with E-state index in [0.29, 0.717) is 19.0 Å². The van der Waals surface area contributed by atoms with Crippen molar-refractivity contribution in [2.45, 2.75) is 0 Å². The molecule has 34 heavy (non-hydrogen) atoms. The van der Waals surface area contributed by atoms with Crippen LogP contribution in [0, 0.1) is 0 Å². The molecule has 0 aliphatic carbocycles. The molecule has 10 heteroatoms. The summed E-state index contributed by atoms with van der Waals surface area (Å²) in [5, 5.41) is 9.35. The average molecular weight is 473 g/mol. The van der Waals surface area contributed by atoms with E-state index in [1.165, 1.54) is 0 Å². The fourth-order valence-corrected chi connectivity index (χ4v) is 4.42. The second-order valence-electron chi connectivity index (χ2n) is 8.04. The lowest BCUT2D eigenvalue weighted by atomic mass is 10.1. The van der Waals surface area contributed by atoms with Crippen molar-refractivity contribution in [3.8, 4) is 11.1 Å². The molecule has 2 aromatic carbocycles. The zero-order valence-corrected chi connectivity index (χ0v) is 19.2. The third-order valence-electron chi connectivity index (χ3n) is 6.01. The summed E-state index contributed by atoms with van der Waals surface area (Å²) < 4.78 is 7.16. The van der Waals surface area contributed by atoms with E-state index in [4.69, 9.17) is 21.3 Å². The normalized spacial score (nSPS) is 14.1. The van der Waals surface area contributed by atoms with Gasteiger partial charge in [-0.2, -0.15) is 4.98 Å². The van der Waals surface area contributed by atoms with Gasteiger partial charge in [0.2, 0.25) is 11.2 Å². The highest BCUT2D eigenvalue weighted by atomic mass is 35.5. The first-order chi connectivity index (χ1) is 16.7. The summed E-state index contributed by atoms with van der Waals surface area (Å²) in [6.45, 7) is 3.02. The van der Waals surface area contributed by atoms with Gasteiger partial charge in [0.25, 0.3) is 5.78 Å². The summed E-state index contributed by atoms with van der Waals surface area (Å²) in [7, 11) is 1.99. The van der Waals surface area contributed by atoms with Gasteiger partial charge in [0.05, 0.1) is 18.7 Å². The predicted molar refractivity (Wildman–Crippen MR) is 132 cm³/mol. The molecule has 0 atom stereocenters. The van der Waals surface area contributed by atoms with Crippen LogP contribution >= 0.6 is 11.6 Å². The smallest absolute Gasteiger partial charge is 0.258 e. The van der Waals surface area contributed by atoms with Gasteiger partial charge in [-0.1, -0.05) is 24.3 Å². The Morgan fingerprint density at radius 2 is 1.74 bits per heavy atom. The van der Waals surface area contributed by atoms with Crippen molar-refractivity contribution >= 4 is 45.7 Å². The van der Waals surface area contributed by atoms with Gasteiger partial charge in [-0.3, -0.25) is 0 Å². The monoisotopic (exact) mass is 472 g/mol. The van der Waals surface area contributed by atoms with Crippen LogP contribution in [-0.4, -0.2) is 62.9 Å².